The van der Waals surface area contributed by atoms with Gasteiger partial charge in [0.15, 0.2) is 11.5 Å². The summed E-state index contributed by atoms with van der Waals surface area (Å²) in [5.41, 5.74) is 2.16. The topological polar surface area (TPSA) is 76.6 Å². The highest BCUT2D eigenvalue weighted by Gasteiger charge is 2.17. The summed E-state index contributed by atoms with van der Waals surface area (Å²) in [5, 5.41) is 2.93. The zero-order valence-corrected chi connectivity index (χ0v) is 15.5. The van der Waals surface area contributed by atoms with E-state index in [1.54, 1.807) is 6.07 Å². The Morgan fingerprint density at radius 1 is 1.07 bits per heavy atom. The van der Waals surface area contributed by atoms with Gasteiger partial charge in [0.2, 0.25) is 12.7 Å². The molecule has 7 heteroatoms. The molecule has 0 bridgehead atoms. The third-order valence-corrected chi connectivity index (χ3v) is 4.85. The van der Waals surface area contributed by atoms with E-state index in [0.29, 0.717) is 23.9 Å². The maximum atomic E-state index is 12.6. The molecule has 2 aromatic rings. The van der Waals surface area contributed by atoms with E-state index in [1.807, 2.05) is 25.1 Å². The second kappa shape index (κ2) is 7.82. The van der Waals surface area contributed by atoms with Gasteiger partial charge in [-0.15, -0.1) is 0 Å². The van der Waals surface area contributed by atoms with Crippen molar-refractivity contribution in [3.05, 3.63) is 41.2 Å². The van der Waals surface area contributed by atoms with Crippen molar-refractivity contribution >= 4 is 11.9 Å². The van der Waals surface area contributed by atoms with Crippen molar-refractivity contribution in [1.82, 2.24) is 15.3 Å². The van der Waals surface area contributed by atoms with Gasteiger partial charge in [0.05, 0.1) is 0 Å². The number of rotatable bonds is 4. The molecule has 0 spiro atoms. The molecule has 1 amide bonds. The van der Waals surface area contributed by atoms with Crippen molar-refractivity contribution in [2.24, 2.45) is 0 Å². The van der Waals surface area contributed by atoms with Crippen molar-refractivity contribution in [2.45, 2.75) is 39.2 Å². The summed E-state index contributed by atoms with van der Waals surface area (Å²) in [6, 6.07) is 7.39. The molecule has 0 unspecified atom stereocenters. The first kappa shape index (κ1) is 17.6. The molecule has 7 nitrogen and oxygen atoms in total. The molecule has 4 rings (SSSR count). The average molecular weight is 368 g/mol. The molecule has 1 aromatic carbocycles. The van der Waals surface area contributed by atoms with Gasteiger partial charge in [0.1, 0.15) is 5.69 Å². The number of carbonyl (C=O) groups excluding carboxylic acids is 1. The van der Waals surface area contributed by atoms with Crippen LogP contribution in [0.4, 0.5) is 5.95 Å². The Bertz CT molecular complexity index is 832. The number of aromatic nitrogens is 2. The highest BCUT2D eigenvalue weighted by Crippen LogP contribution is 2.32. The monoisotopic (exact) mass is 368 g/mol. The Kier molecular flexibility index (Phi) is 5.09. The summed E-state index contributed by atoms with van der Waals surface area (Å²) in [7, 11) is 0. The first-order valence-electron chi connectivity index (χ1n) is 9.46. The molecule has 2 aliphatic rings. The number of hydrogen-bond acceptors (Lipinski definition) is 6. The van der Waals surface area contributed by atoms with Crippen LogP contribution in [0.1, 0.15) is 47.4 Å². The molecule has 1 fully saturated rings. The molecule has 142 valence electrons. The van der Waals surface area contributed by atoms with E-state index in [9.17, 15) is 4.79 Å². The minimum Gasteiger partial charge on any atom is -0.454 e. The van der Waals surface area contributed by atoms with Crippen LogP contribution in [0.2, 0.25) is 0 Å². The fraction of sp³-hybridized carbons (Fsp3) is 0.450. The van der Waals surface area contributed by atoms with E-state index in [1.165, 1.54) is 12.8 Å². The second-order valence-corrected chi connectivity index (χ2v) is 6.97. The minimum absolute atomic E-state index is 0.200. The minimum atomic E-state index is -0.200. The predicted molar refractivity (Wildman–Crippen MR) is 101 cm³/mol. The van der Waals surface area contributed by atoms with Crippen molar-refractivity contribution in [2.75, 3.05) is 24.8 Å². The molecule has 2 aliphatic heterocycles. The van der Waals surface area contributed by atoms with E-state index >= 15 is 0 Å². The third-order valence-electron chi connectivity index (χ3n) is 4.85. The van der Waals surface area contributed by atoms with Gasteiger partial charge < -0.3 is 19.7 Å². The van der Waals surface area contributed by atoms with Gasteiger partial charge in [-0.25, -0.2) is 9.97 Å². The lowest BCUT2D eigenvalue weighted by atomic mass is 10.2. The van der Waals surface area contributed by atoms with Crippen LogP contribution in [-0.4, -0.2) is 35.8 Å². The quantitative estimate of drug-likeness (QED) is 0.894. The van der Waals surface area contributed by atoms with Crippen molar-refractivity contribution in [3.63, 3.8) is 0 Å². The lowest BCUT2D eigenvalue weighted by molar-refractivity contribution is 0.0945. The van der Waals surface area contributed by atoms with E-state index in [0.717, 1.165) is 42.9 Å². The van der Waals surface area contributed by atoms with Crippen LogP contribution in [0.25, 0.3) is 0 Å². The standard InChI is InChI=1S/C20H24N4O3/c1-14-10-16(23-20(22-14)24-8-4-2-3-5-9-24)19(25)21-12-15-6-7-17-18(11-15)27-13-26-17/h6-7,10-11H,2-5,8-9,12-13H2,1H3,(H,21,25). The highest BCUT2D eigenvalue weighted by atomic mass is 16.7. The zero-order chi connectivity index (χ0) is 18.6. The molecule has 3 heterocycles. The van der Waals surface area contributed by atoms with Gasteiger partial charge in [0, 0.05) is 25.3 Å². The maximum Gasteiger partial charge on any atom is 0.270 e. The predicted octanol–water partition coefficient (Wildman–Crippen LogP) is 2.82. The number of hydrogen-bond donors (Lipinski definition) is 1. The largest absolute Gasteiger partial charge is 0.454 e. The first-order chi connectivity index (χ1) is 13.2. The number of nitrogens with zero attached hydrogens (tertiary/aromatic N) is 3. The fourth-order valence-corrected chi connectivity index (χ4v) is 3.41. The van der Waals surface area contributed by atoms with E-state index in [-0.39, 0.29) is 12.7 Å². The van der Waals surface area contributed by atoms with Gasteiger partial charge in [-0.3, -0.25) is 4.79 Å². The van der Waals surface area contributed by atoms with Crippen LogP contribution in [0, 0.1) is 6.92 Å². The normalized spacial score (nSPS) is 16.1. The molecule has 1 aromatic heterocycles. The van der Waals surface area contributed by atoms with Gasteiger partial charge in [-0.2, -0.15) is 0 Å². The van der Waals surface area contributed by atoms with Gasteiger partial charge in [-0.05, 0) is 43.5 Å². The summed E-state index contributed by atoms with van der Waals surface area (Å²) in [4.78, 5) is 23.9. The van der Waals surface area contributed by atoms with Crippen molar-refractivity contribution < 1.29 is 14.3 Å². The molecule has 0 aliphatic carbocycles. The SMILES string of the molecule is Cc1cc(C(=O)NCc2ccc3c(c2)OCO3)nc(N2CCCCCC2)n1. The molecule has 0 atom stereocenters. The number of fused-ring (bicyclic) bond motifs is 1. The molecule has 27 heavy (non-hydrogen) atoms. The average Bonchev–Trinajstić information content (AvgIpc) is 2.97. The van der Waals surface area contributed by atoms with E-state index < -0.39 is 0 Å². The summed E-state index contributed by atoms with van der Waals surface area (Å²) in [6.45, 7) is 4.43. The number of nitrogens with one attached hydrogen (secondary N) is 1. The van der Waals surface area contributed by atoms with Crippen LogP contribution in [0.3, 0.4) is 0 Å². The molecule has 1 N–H and O–H groups in total. The molecular weight excluding hydrogens is 344 g/mol. The van der Waals surface area contributed by atoms with Crippen LogP contribution in [-0.2, 0) is 6.54 Å². The number of benzene rings is 1. The Balaban J connectivity index is 1.45. The van der Waals surface area contributed by atoms with Crippen LogP contribution in [0.5, 0.6) is 11.5 Å². The summed E-state index contributed by atoms with van der Waals surface area (Å²) >= 11 is 0. The Labute approximate surface area is 158 Å². The first-order valence-corrected chi connectivity index (χ1v) is 9.46. The van der Waals surface area contributed by atoms with Crippen LogP contribution < -0.4 is 19.7 Å². The second-order valence-electron chi connectivity index (χ2n) is 6.97. The lowest BCUT2D eigenvalue weighted by Gasteiger charge is -2.21. The van der Waals surface area contributed by atoms with Gasteiger partial charge in [-0.1, -0.05) is 18.9 Å². The Morgan fingerprint density at radius 2 is 1.85 bits per heavy atom. The smallest absolute Gasteiger partial charge is 0.270 e. The maximum absolute atomic E-state index is 12.6. The lowest BCUT2D eigenvalue weighted by Crippen LogP contribution is -2.29. The number of anilines is 1. The molecule has 1 saturated heterocycles. The fourth-order valence-electron chi connectivity index (χ4n) is 3.41. The third kappa shape index (κ3) is 4.13. The summed E-state index contributed by atoms with van der Waals surface area (Å²) in [5.74, 6) is 1.90. The van der Waals surface area contributed by atoms with Crippen molar-refractivity contribution in [1.29, 1.82) is 0 Å². The summed E-state index contributed by atoms with van der Waals surface area (Å²) in [6.07, 6.45) is 4.77. The number of carbonyl (C=O) groups is 1. The number of aryl methyl sites for hydroxylation is 1. The molecule has 0 radical (unpaired) electrons. The van der Waals surface area contributed by atoms with Gasteiger partial charge >= 0.3 is 0 Å². The number of amides is 1. The van der Waals surface area contributed by atoms with Crippen LogP contribution >= 0.6 is 0 Å². The number of ether oxygens (including phenoxy) is 2. The zero-order valence-electron chi connectivity index (χ0n) is 15.5. The molecule has 0 saturated carbocycles. The molecular formula is C20H24N4O3. The van der Waals surface area contributed by atoms with Gasteiger partial charge in [0.25, 0.3) is 5.91 Å². The van der Waals surface area contributed by atoms with E-state index in [4.69, 9.17) is 9.47 Å². The van der Waals surface area contributed by atoms with E-state index in [2.05, 4.69) is 20.2 Å². The van der Waals surface area contributed by atoms with Crippen LogP contribution in [0.15, 0.2) is 24.3 Å². The highest BCUT2D eigenvalue weighted by molar-refractivity contribution is 5.92. The Morgan fingerprint density at radius 3 is 2.67 bits per heavy atom. The summed E-state index contributed by atoms with van der Waals surface area (Å²) < 4.78 is 10.7. The Hall–Kier alpha value is -2.83. The van der Waals surface area contributed by atoms with Crippen molar-refractivity contribution in [3.8, 4) is 11.5 Å².